The Balaban J connectivity index is 1.76. The smallest absolute Gasteiger partial charge is 0.260 e. The van der Waals surface area contributed by atoms with Gasteiger partial charge in [-0.15, -0.1) is 0 Å². The summed E-state index contributed by atoms with van der Waals surface area (Å²) in [7, 11) is 0. The molecule has 3 aromatic carbocycles. The lowest BCUT2D eigenvalue weighted by Gasteiger charge is -2.10. The van der Waals surface area contributed by atoms with Gasteiger partial charge in [-0.2, -0.15) is 0 Å². The first-order chi connectivity index (χ1) is 14.1. The summed E-state index contributed by atoms with van der Waals surface area (Å²) in [6.45, 7) is 0. The topological polar surface area (TPSA) is 54.9 Å². The van der Waals surface area contributed by atoms with Gasteiger partial charge in [-0.1, -0.05) is 66.2 Å². The first-order valence-corrected chi connectivity index (χ1v) is 9.24. The second-order valence-corrected chi connectivity index (χ2v) is 6.71. The van der Waals surface area contributed by atoms with Crippen molar-refractivity contribution in [2.45, 2.75) is 0 Å². The average Bonchev–Trinajstić information content (AvgIpc) is 2.75. The van der Waals surface area contributed by atoms with Gasteiger partial charge in [-0.05, 0) is 30.3 Å². The lowest BCUT2D eigenvalue weighted by molar-refractivity contribution is 0.102. The number of hydrogen-bond acceptors (Lipinski definition) is 3. The van der Waals surface area contributed by atoms with E-state index in [2.05, 4.69) is 15.3 Å². The summed E-state index contributed by atoms with van der Waals surface area (Å²) < 4.78 is 14.0. The number of nitrogens with zero attached hydrogens (tertiary/aromatic N) is 2. The first kappa shape index (κ1) is 18.8. The highest BCUT2D eigenvalue weighted by Crippen LogP contribution is 2.26. The van der Waals surface area contributed by atoms with Crippen molar-refractivity contribution in [2.75, 3.05) is 5.32 Å². The lowest BCUT2D eigenvalue weighted by Crippen LogP contribution is -2.16. The molecule has 0 unspecified atom stereocenters. The van der Waals surface area contributed by atoms with E-state index in [0.29, 0.717) is 16.4 Å². The van der Waals surface area contributed by atoms with Gasteiger partial charge in [0.2, 0.25) is 5.95 Å². The van der Waals surface area contributed by atoms with Crippen molar-refractivity contribution in [2.24, 2.45) is 0 Å². The van der Waals surface area contributed by atoms with Gasteiger partial charge < -0.3 is 0 Å². The van der Waals surface area contributed by atoms with E-state index in [-0.39, 0.29) is 11.5 Å². The maximum Gasteiger partial charge on any atom is 0.260 e. The molecule has 1 aromatic heterocycles. The summed E-state index contributed by atoms with van der Waals surface area (Å²) in [6.07, 6.45) is 0. The summed E-state index contributed by atoms with van der Waals surface area (Å²) in [5, 5.41) is 3.21. The van der Waals surface area contributed by atoms with Crippen LogP contribution < -0.4 is 5.32 Å². The molecule has 4 nitrogen and oxygen atoms in total. The second-order valence-electron chi connectivity index (χ2n) is 6.27. The fourth-order valence-electron chi connectivity index (χ4n) is 2.84. The molecule has 1 heterocycles. The Labute approximate surface area is 172 Å². The van der Waals surface area contributed by atoms with Crippen LogP contribution in [0.25, 0.3) is 22.5 Å². The molecule has 0 saturated carbocycles. The van der Waals surface area contributed by atoms with Crippen LogP contribution in [0.5, 0.6) is 0 Å². The Hall–Kier alpha value is -3.57. The van der Waals surface area contributed by atoms with Gasteiger partial charge in [-0.3, -0.25) is 10.1 Å². The zero-order chi connectivity index (χ0) is 20.2. The molecule has 0 bridgehead atoms. The van der Waals surface area contributed by atoms with E-state index < -0.39 is 11.7 Å². The van der Waals surface area contributed by atoms with E-state index in [1.165, 1.54) is 18.2 Å². The van der Waals surface area contributed by atoms with Crippen LogP contribution >= 0.6 is 11.6 Å². The second kappa shape index (κ2) is 8.20. The Morgan fingerprint density at radius 2 is 1.38 bits per heavy atom. The van der Waals surface area contributed by atoms with Crippen LogP contribution in [-0.4, -0.2) is 15.9 Å². The molecule has 0 atom stereocenters. The summed E-state index contributed by atoms with van der Waals surface area (Å²) in [5.41, 5.74) is 2.85. The maximum absolute atomic E-state index is 14.0. The van der Waals surface area contributed by atoms with Crippen molar-refractivity contribution in [3.05, 3.63) is 101 Å². The van der Waals surface area contributed by atoms with Crippen LogP contribution in [-0.2, 0) is 0 Å². The number of nitrogens with one attached hydrogen (secondary N) is 1. The van der Waals surface area contributed by atoms with E-state index in [1.807, 2.05) is 48.5 Å². The van der Waals surface area contributed by atoms with Gasteiger partial charge in [0.25, 0.3) is 5.91 Å². The highest BCUT2D eigenvalue weighted by molar-refractivity contribution is 6.30. The SMILES string of the molecule is O=C(Nc1nc(-c2ccccc2)cc(-c2ccc(Cl)cc2)n1)c1ccccc1F. The fourth-order valence-corrected chi connectivity index (χ4v) is 2.97. The van der Waals surface area contributed by atoms with E-state index in [4.69, 9.17) is 11.6 Å². The van der Waals surface area contributed by atoms with Crippen LogP contribution in [0.15, 0.2) is 84.9 Å². The molecule has 0 spiro atoms. The predicted octanol–water partition coefficient (Wildman–Crippen LogP) is 5.86. The molecule has 6 heteroatoms. The zero-order valence-electron chi connectivity index (χ0n) is 15.1. The summed E-state index contributed by atoms with van der Waals surface area (Å²) >= 11 is 5.98. The minimum Gasteiger partial charge on any atom is -0.290 e. The quantitative estimate of drug-likeness (QED) is 0.464. The lowest BCUT2D eigenvalue weighted by atomic mass is 10.1. The number of carbonyl (C=O) groups is 1. The molecule has 0 fully saturated rings. The normalized spacial score (nSPS) is 10.6. The van der Waals surface area contributed by atoms with Crippen LogP contribution in [0.2, 0.25) is 5.02 Å². The highest BCUT2D eigenvalue weighted by atomic mass is 35.5. The van der Waals surface area contributed by atoms with Gasteiger partial charge in [0, 0.05) is 16.1 Å². The standard InChI is InChI=1S/C23H15ClFN3O/c24-17-12-10-16(11-13-17)21-14-20(15-6-2-1-3-7-15)26-23(27-21)28-22(29)18-8-4-5-9-19(18)25/h1-14H,(H,26,27,28,29). The third kappa shape index (κ3) is 4.31. The van der Waals surface area contributed by atoms with Crippen molar-refractivity contribution in [3.63, 3.8) is 0 Å². The van der Waals surface area contributed by atoms with Gasteiger partial charge in [0.15, 0.2) is 0 Å². The molecular formula is C23H15ClFN3O. The van der Waals surface area contributed by atoms with E-state index in [0.717, 1.165) is 11.1 Å². The van der Waals surface area contributed by atoms with Crippen molar-refractivity contribution < 1.29 is 9.18 Å². The van der Waals surface area contributed by atoms with Crippen molar-refractivity contribution in [1.82, 2.24) is 9.97 Å². The minimum absolute atomic E-state index is 0.0748. The van der Waals surface area contributed by atoms with Crippen LogP contribution in [0.1, 0.15) is 10.4 Å². The number of rotatable bonds is 4. The summed E-state index contributed by atoms with van der Waals surface area (Å²) in [6, 6.07) is 24.3. The predicted molar refractivity (Wildman–Crippen MR) is 112 cm³/mol. The maximum atomic E-state index is 14.0. The molecule has 29 heavy (non-hydrogen) atoms. The molecule has 4 aromatic rings. The van der Waals surface area contributed by atoms with Crippen molar-refractivity contribution in [1.29, 1.82) is 0 Å². The molecule has 0 aliphatic heterocycles. The number of halogens is 2. The number of benzene rings is 3. The average molecular weight is 404 g/mol. The molecule has 0 radical (unpaired) electrons. The van der Waals surface area contributed by atoms with Crippen molar-refractivity contribution >= 4 is 23.5 Å². The Kier molecular flexibility index (Phi) is 5.31. The molecule has 1 amide bonds. The third-order valence-corrected chi connectivity index (χ3v) is 4.53. The van der Waals surface area contributed by atoms with Crippen molar-refractivity contribution in [3.8, 4) is 22.5 Å². The van der Waals surface area contributed by atoms with E-state index in [9.17, 15) is 9.18 Å². The number of amides is 1. The molecule has 142 valence electrons. The number of carbonyl (C=O) groups excluding carboxylic acids is 1. The minimum atomic E-state index is -0.615. The monoisotopic (exact) mass is 403 g/mol. The molecule has 0 saturated heterocycles. The Morgan fingerprint density at radius 1 is 0.793 bits per heavy atom. The fraction of sp³-hybridized carbons (Fsp3) is 0. The first-order valence-electron chi connectivity index (χ1n) is 8.86. The zero-order valence-corrected chi connectivity index (χ0v) is 15.9. The van der Waals surface area contributed by atoms with Gasteiger partial charge in [-0.25, -0.2) is 14.4 Å². The molecular weight excluding hydrogens is 389 g/mol. The Bertz CT molecular complexity index is 1160. The van der Waals surface area contributed by atoms with E-state index in [1.54, 1.807) is 18.2 Å². The van der Waals surface area contributed by atoms with Gasteiger partial charge >= 0.3 is 0 Å². The molecule has 1 N–H and O–H groups in total. The van der Waals surface area contributed by atoms with Crippen LogP contribution in [0.3, 0.4) is 0 Å². The largest absolute Gasteiger partial charge is 0.290 e. The number of aromatic nitrogens is 2. The van der Waals surface area contributed by atoms with E-state index >= 15 is 0 Å². The van der Waals surface area contributed by atoms with Crippen LogP contribution in [0.4, 0.5) is 10.3 Å². The third-order valence-electron chi connectivity index (χ3n) is 4.28. The number of anilines is 1. The van der Waals surface area contributed by atoms with Gasteiger partial charge in [0.1, 0.15) is 5.82 Å². The Morgan fingerprint density at radius 3 is 2.03 bits per heavy atom. The highest BCUT2D eigenvalue weighted by Gasteiger charge is 2.15. The number of hydrogen-bond donors (Lipinski definition) is 1. The molecule has 0 aliphatic carbocycles. The summed E-state index contributed by atoms with van der Waals surface area (Å²) in [5.74, 6) is -1.14. The molecule has 0 aliphatic rings. The summed E-state index contributed by atoms with van der Waals surface area (Å²) in [4.78, 5) is 21.4. The van der Waals surface area contributed by atoms with Crippen LogP contribution in [0, 0.1) is 5.82 Å². The molecule has 4 rings (SSSR count). The van der Waals surface area contributed by atoms with Gasteiger partial charge in [0.05, 0.1) is 17.0 Å².